The summed E-state index contributed by atoms with van der Waals surface area (Å²) in [6.07, 6.45) is -0.304. The highest BCUT2D eigenvalue weighted by molar-refractivity contribution is 6.00. The first-order valence-electron chi connectivity index (χ1n) is 8.36. The molecule has 0 aliphatic carbocycles. The molecule has 1 atom stereocenters. The van der Waals surface area contributed by atoms with Gasteiger partial charge in [0, 0.05) is 30.8 Å². The lowest BCUT2D eigenvalue weighted by Crippen LogP contribution is -2.33. The van der Waals surface area contributed by atoms with Crippen LogP contribution < -0.4 is 11.1 Å². The van der Waals surface area contributed by atoms with Crippen molar-refractivity contribution in [3.05, 3.63) is 64.2 Å². The molecule has 2 aromatic rings. The van der Waals surface area contributed by atoms with Crippen LogP contribution in [0.1, 0.15) is 43.8 Å². The number of rotatable bonds is 5. The number of nitrogens with one attached hydrogen (secondary N) is 1. The third kappa shape index (κ3) is 4.12. The molecule has 0 bridgehead atoms. The number of ether oxygens (including phenoxy) is 1. The smallest absolute Gasteiger partial charge is 0.267 e. The minimum Gasteiger partial charge on any atom is -0.371 e. The molecule has 7 heteroatoms. The fourth-order valence-electron chi connectivity index (χ4n) is 2.92. The highest BCUT2D eigenvalue weighted by Crippen LogP contribution is 2.22. The van der Waals surface area contributed by atoms with Gasteiger partial charge in [-0.05, 0) is 36.2 Å². The fraction of sp³-hybridized carbons (Fsp3) is 0.316. The first-order chi connectivity index (χ1) is 12.4. The van der Waals surface area contributed by atoms with Crippen LogP contribution >= 0.6 is 0 Å². The number of ketones is 1. The van der Waals surface area contributed by atoms with E-state index in [1.807, 2.05) is 0 Å². The Labute approximate surface area is 150 Å². The number of carbonyl (C=O) groups excluding carboxylic acids is 2. The number of nitrogens with two attached hydrogens (primary N) is 1. The highest BCUT2D eigenvalue weighted by atomic mass is 19.1. The van der Waals surface area contributed by atoms with Gasteiger partial charge in [-0.1, -0.05) is 12.1 Å². The second-order valence-electron chi connectivity index (χ2n) is 6.26. The number of Topliss-reactive ketones (excluding diaryl/α,β-unsaturated/α-hetero) is 1. The number of aromatic nitrogens is 1. The third-order valence-corrected chi connectivity index (χ3v) is 4.26. The molecule has 1 aromatic heterocycles. The number of carbonyl (C=O) groups is 2. The number of hydrogen-bond donors (Lipinski definition) is 2. The predicted octanol–water partition coefficient (Wildman–Crippen LogP) is 1.71. The van der Waals surface area contributed by atoms with Crippen molar-refractivity contribution in [1.82, 2.24) is 10.3 Å². The number of nitrogens with zero attached hydrogens (tertiary/aromatic N) is 1. The normalized spacial score (nSPS) is 17.1. The third-order valence-electron chi connectivity index (χ3n) is 4.26. The van der Waals surface area contributed by atoms with Crippen molar-refractivity contribution in [2.24, 2.45) is 5.73 Å². The number of morpholine rings is 1. The van der Waals surface area contributed by atoms with E-state index < -0.39 is 11.7 Å². The minimum absolute atomic E-state index is 0.0196. The van der Waals surface area contributed by atoms with E-state index in [1.54, 1.807) is 25.1 Å². The van der Waals surface area contributed by atoms with Gasteiger partial charge in [0.1, 0.15) is 11.5 Å². The van der Waals surface area contributed by atoms with Crippen molar-refractivity contribution >= 4 is 11.7 Å². The van der Waals surface area contributed by atoms with Crippen LogP contribution in [-0.2, 0) is 11.2 Å². The Morgan fingerprint density at radius 2 is 2.15 bits per heavy atom. The van der Waals surface area contributed by atoms with Crippen LogP contribution in [0.3, 0.4) is 0 Å². The molecule has 0 spiro atoms. The molecule has 1 amide bonds. The summed E-state index contributed by atoms with van der Waals surface area (Å²) in [7, 11) is 0. The minimum atomic E-state index is -0.709. The summed E-state index contributed by atoms with van der Waals surface area (Å²) >= 11 is 0. The fourth-order valence-corrected chi connectivity index (χ4v) is 2.92. The van der Waals surface area contributed by atoms with Gasteiger partial charge >= 0.3 is 0 Å². The van der Waals surface area contributed by atoms with Gasteiger partial charge in [0.15, 0.2) is 5.78 Å². The van der Waals surface area contributed by atoms with E-state index in [-0.39, 0.29) is 35.1 Å². The molecule has 1 aliphatic heterocycles. The Kier molecular flexibility index (Phi) is 5.39. The topological polar surface area (TPSA) is 94.3 Å². The van der Waals surface area contributed by atoms with Crippen molar-refractivity contribution in [3.63, 3.8) is 0 Å². The standard InChI is InChI=1S/C19H20FN3O3/c1-11-6-14(8-16(23-11)19(21)25)17(24)9-12-2-3-13(7-15(12)20)18-10-22-4-5-26-18/h2-3,6-8,18,22H,4-5,9-10H2,1H3,(H2,21,25)/t18-/m1/s1. The molecule has 1 saturated heterocycles. The predicted molar refractivity (Wildman–Crippen MR) is 93.5 cm³/mol. The largest absolute Gasteiger partial charge is 0.371 e. The maximum atomic E-state index is 14.5. The molecular weight excluding hydrogens is 337 g/mol. The lowest BCUT2D eigenvalue weighted by atomic mass is 9.99. The number of benzene rings is 1. The first-order valence-corrected chi connectivity index (χ1v) is 8.36. The SMILES string of the molecule is Cc1cc(C(=O)Cc2ccc([C@H]3CNCCO3)cc2F)cc(C(N)=O)n1. The van der Waals surface area contributed by atoms with E-state index in [0.717, 1.165) is 12.1 Å². The molecule has 0 unspecified atom stereocenters. The number of halogens is 1. The summed E-state index contributed by atoms with van der Waals surface area (Å²) in [5.74, 6) is -1.47. The Bertz CT molecular complexity index is 848. The first kappa shape index (κ1) is 18.2. The molecule has 0 saturated carbocycles. The van der Waals surface area contributed by atoms with Gasteiger partial charge in [-0.25, -0.2) is 9.37 Å². The molecular formula is C19H20FN3O3. The molecule has 1 aromatic carbocycles. The van der Waals surface area contributed by atoms with E-state index in [1.165, 1.54) is 12.1 Å². The van der Waals surface area contributed by atoms with Gasteiger partial charge in [-0.15, -0.1) is 0 Å². The van der Waals surface area contributed by atoms with Crippen LogP contribution in [0.25, 0.3) is 0 Å². The Hall–Kier alpha value is -2.64. The molecule has 1 fully saturated rings. The number of aryl methyl sites for hydroxylation is 1. The Balaban J connectivity index is 1.78. The summed E-state index contributed by atoms with van der Waals surface area (Å²) in [4.78, 5) is 27.8. The van der Waals surface area contributed by atoms with Crippen LogP contribution in [0.2, 0.25) is 0 Å². The molecule has 26 heavy (non-hydrogen) atoms. The summed E-state index contributed by atoms with van der Waals surface area (Å²) < 4.78 is 20.1. The van der Waals surface area contributed by atoms with Crippen LogP contribution in [0.5, 0.6) is 0 Å². The monoisotopic (exact) mass is 357 g/mol. The van der Waals surface area contributed by atoms with Crippen molar-refractivity contribution in [1.29, 1.82) is 0 Å². The van der Waals surface area contributed by atoms with Crippen molar-refractivity contribution in [2.75, 3.05) is 19.7 Å². The molecule has 6 nitrogen and oxygen atoms in total. The Morgan fingerprint density at radius 1 is 1.35 bits per heavy atom. The van der Waals surface area contributed by atoms with E-state index in [0.29, 0.717) is 18.8 Å². The van der Waals surface area contributed by atoms with E-state index in [4.69, 9.17) is 10.5 Å². The highest BCUT2D eigenvalue weighted by Gasteiger charge is 2.19. The number of pyridine rings is 1. The van der Waals surface area contributed by atoms with Crippen LogP contribution in [0, 0.1) is 12.7 Å². The molecule has 3 N–H and O–H groups in total. The Morgan fingerprint density at radius 3 is 2.81 bits per heavy atom. The van der Waals surface area contributed by atoms with Gasteiger partial charge in [0.25, 0.3) is 5.91 Å². The maximum absolute atomic E-state index is 14.5. The van der Waals surface area contributed by atoms with E-state index in [9.17, 15) is 14.0 Å². The lowest BCUT2D eigenvalue weighted by Gasteiger charge is -2.24. The molecule has 136 valence electrons. The lowest BCUT2D eigenvalue weighted by molar-refractivity contribution is 0.0275. The van der Waals surface area contributed by atoms with Crippen molar-refractivity contribution in [3.8, 4) is 0 Å². The molecule has 2 heterocycles. The number of hydrogen-bond acceptors (Lipinski definition) is 5. The number of primary amides is 1. The summed E-state index contributed by atoms with van der Waals surface area (Å²) in [5.41, 5.74) is 7.06. The summed E-state index contributed by atoms with van der Waals surface area (Å²) in [6, 6.07) is 7.68. The van der Waals surface area contributed by atoms with Gasteiger partial charge in [0.2, 0.25) is 0 Å². The van der Waals surface area contributed by atoms with Crippen LogP contribution in [0.4, 0.5) is 4.39 Å². The van der Waals surface area contributed by atoms with Gasteiger partial charge in [-0.2, -0.15) is 0 Å². The average molecular weight is 357 g/mol. The van der Waals surface area contributed by atoms with Crippen LogP contribution in [0.15, 0.2) is 30.3 Å². The maximum Gasteiger partial charge on any atom is 0.267 e. The zero-order chi connectivity index (χ0) is 18.7. The number of amides is 1. The molecule has 1 aliphatic rings. The second kappa shape index (κ2) is 7.72. The average Bonchev–Trinajstić information content (AvgIpc) is 2.63. The zero-order valence-electron chi connectivity index (χ0n) is 14.4. The van der Waals surface area contributed by atoms with Crippen molar-refractivity contribution < 1.29 is 18.7 Å². The van der Waals surface area contributed by atoms with Gasteiger partial charge in [0.05, 0.1) is 12.7 Å². The quantitative estimate of drug-likeness (QED) is 0.795. The van der Waals surface area contributed by atoms with Crippen LogP contribution in [-0.4, -0.2) is 36.4 Å². The second-order valence-corrected chi connectivity index (χ2v) is 6.26. The summed E-state index contributed by atoms with van der Waals surface area (Å²) in [5, 5.41) is 3.20. The van der Waals surface area contributed by atoms with Crippen molar-refractivity contribution in [2.45, 2.75) is 19.4 Å². The van der Waals surface area contributed by atoms with E-state index >= 15 is 0 Å². The van der Waals surface area contributed by atoms with Gasteiger partial charge in [-0.3, -0.25) is 9.59 Å². The van der Waals surface area contributed by atoms with E-state index in [2.05, 4.69) is 10.3 Å². The summed E-state index contributed by atoms with van der Waals surface area (Å²) in [6.45, 7) is 3.65. The van der Waals surface area contributed by atoms with Gasteiger partial charge < -0.3 is 15.8 Å². The molecule has 0 radical (unpaired) electrons. The zero-order valence-corrected chi connectivity index (χ0v) is 14.4. The molecule has 3 rings (SSSR count).